The largest absolute Gasteiger partial charge is 0.457 e. The van der Waals surface area contributed by atoms with E-state index in [2.05, 4.69) is 41.2 Å². The zero-order valence-corrected chi connectivity index (χ0v) is 19.0. The highest BCUT2D eigenvalue weighted by Crippen LogP contribution is 2.28. The summed E-state index contributed by atoms with van der Waals surface area (Å²) in [5, 5.41) is 28.4. The van der Waals surface area contributed by atoms with Crippen molar-refractivity contribution in [3.05, 3.63) is 36.4 Å². The third-order valence-electron chi connectivity index (χ3n) is 4.91. The highest BCUT2D eigenvalue weighted by Gasteiger charge is 2.12. The van der Waals surface area contributed by atoms with Gasteiger partial charge in [0.25, 0.3) is 0 Å². The Labute approximate surface area is 199 Å². The molecule has 184 valence electrons. The molecule has 0 aliphatic rings. The molecule has 8 N–H and O–H groups in total. The first-order valence-corrected chi connectivity index (χ1v) is 10.9. The summed E-state index contributed by atoms with van der Waals surface area (Å²) in [5.41, 5.74) is 2.59. The molecule has 0 aliphatic carbocycles. The summed E-state index contributed by atoms with van der Waals surface area (Å²) in [6.45, 7) is 3.01. The highest BCUT2D eigenvalue weighted by atomic mass is 16.5. The van der Waals surface area contributed by atoms with E-state index >= 15 is 0 Å². The Morgan fingerprint density at radius 2 is 1.26 bits per heavy atom. The first-order chi connectivity index (χ1) is 16.8. The number of imidazole rings is 2. The number of ether oxygens (including phenoxy) is 1. The van der Waals surface area contributed by atoms with Gasteiger partial charge in [0.15, 0.2) is 0 Å². The van der Waals surface area contributed by atoms with Crippen LogP contribution in [0, 0.1) is 0 Å². The Morgan fingerprint density at radius 3 is 1.66 bits per heavy atom. The summed E-state index contributed by atoms with van der Waals surface area (Å²) in [6.07, 6.45) is 0. The van der Waals surface area contributed by atoms with Gasteiger partial charge in [0.2, 0.25) is 11.9 Å². The first-order valence-electron chi connectivity index (χ1n) is 10.9. The monoisotopic (exact) mass is 482 g/mol. The number of H-pyrrole nitrogens is 2. The van der Waals surface area contributed by atoms with Crippen molar-refractivity contribution in [2.45, 2.75) is 25.9 Å². The van der Waals surface area contributed by atoms with Crippen LogP contribution in [0.25, 0.3) is 22.1 Å². The molecule has 2 heterocycles. The average Bonchev–Trinajstić information content (AvgIpc) is 3.40. The van der Waals surface area contributed by atoms with E-state index in [1.807, 2.05) is 0 Å². The zero-order valence-electron chi connectivity index (χ0n) is 19.0. The van der Waals surface area contributed by atoms with Gasteiger partial charge in [-0.2, -0.15) is 0 Å². The average molecular weight is 483 g/mol. The molecule has 0 bridgehead atoms. The number of aromatic amines is 2. The molecule has 4 amide bonds. The van der Waals surface area contributed by atoms with Crippen molar-refractivity contribution in [3.8, 4) is 11.5 Å². The molecule has 35 heavy (non-hydrogen) atoms. The molecule has 0 saturated heterocycles. The number of hydrogen-bond donors (Lipinski definition) is 8. The van der Waals surface area contributed by atoms with Crippen molar-refractivity contribution in [1.82, 2.24) is 30.6 Å². The lowest BCUT2D eigenvalue weighted by Gasteiger charge is -2.10. The van der Waals surface area contributed by atoms with Crippen molar-refractivity contribution in [2.75, 3.05) is 23.8 Å². The minimum Gasteiger partial charge on any atom is -0.457 e. The van der Waals surface area contributed by atoms with Gasteiger partial charge < -0.3 is 35.6 Å². The number of aliphatic hydroxyl groups is 2. The van der Waals surface area contributed by atoms with E-state index in [0.717, 1.165) is 0 Å². The van der Waals surface area contributed by atoms with Crippen LogP contribution in [0.5, 0.6) is 11.5 Å². The van der Waals surface area contributed by atoms with Gasteiger partial charge in [0.05, 0.1) is 47.4 Å². The van der Waals surface area contributed by atoms with Gasteiger partial charge in [0.1, 0.15) is 11.5 Å². The molecule has 2 aromatic carbocycles. The molecule has 2 atom stereocenters. The fourth-order valence-electron chi connectivity index (χ4n) is 3.19. The quantitative estimate of drug-likeness (QED) is 0.189. The lowest BCUT2D eigenvalue weighted by molar-refractivity contribution is 0.229. The van der Waals surface area contributed by atoms with Crippen LogP contribution in [0.15, 0.2) is 36.4 Å². The number of carbonyl (C=O) groups excluding carboxylic acids is 2. The van der Waals surface area contributed by atoms with E-state index in [1.54, 1.807) is 50.2 Å². The number of anilines is 2. The third-order valence-corrected chi connectivity index (χ3v) is 4.91. The fourth-order valence-corrected chi connectivity index (χ4v) is 3.19. The van der Waals surface area contributed by atoms with Gasteiger partial charge in [-0.1, -0.05) is 0 Å². The predicted octanol–water partition coefficient (Wildman–Crippen LogP) is 2.24. The number of nitrogens with zero attached hydrogens (tertiary/aromatic N) is 2. The second kappa shape index (κ2) is 10.3. The van der Waals surface area contributed by atoms with Gasteiger partial charge in [-0.05, 0) is 38.1 Å². The van der Waals surface area contributed by atoms with Gasteiger partial charge >= 0.3 is 12.1 Å². The molecule has 2 unspecified atom stereocenters. The van der Waals surface area contributed by atoms with Gasteiger partial charge in [-0.15, -0.1) is 0 Å². The molecule has 2 aromatic heterocycles. The number of benzene rings is 2. The number of hydrogen-bond acceptors (Lipinski definition) is 7. The minimum absolute atomic E-state index is 0.171. The fraction of sp³-hybridized carbons (Fsp3) is 0.273. The van der Waals surface area contributed by atoms with Gasteiger partial charge in [-0.3, -0.25) is 10.6 Å². The molecule has 0 saturated carbocycles. The summed E-state index contributed by atoms with van der Waals surface area (Å²) < 4.78 is 5.96. The maximum absolute atomic E-state index is 11.9. The lowest BCUT2D eigenvalue weighted by Crippen LogP contribution is -2.38. The van der Waals surface area contributed by atoms with Crippen LogP contribution in [-0.2, 0) is 0 Å². The van der Waals surface area contributed by atoms with Gasteiger partial charge in [0, 0.05) is 12.1 Å². The zero-order chi connectivity index (χ0) is 24.9. The lowest BCUT2D eigenvalue weighted by atomic mass is 10.3. The van der Waals surface area contributed by atoms with E-state index in [1.165, 1.54) is 0 Å². The van der Waals surface area contributed by atoms with Crippen LogP contribution in [0.2, 0.25) is 0 Å². The highest BCUT2D eigenvalue weighted by molar-refractivity contribution is 5.91. The normalized spacial score (nSPS) is 12.8. The number of amides is 4. The van der Waals surface area contributed by atoms with E-state index in [0.29, 0.717) is 33.6 Å². The molecule has 4 aromatic rings. The van der Waals surface area contributed by atoms with Crippen molar-refractivity contribution in [3.63, 3.8) is 0 Å². The van der Waals surface area contributed by atoms with E-state index in [9.17, 15) is 9.59 Å². The van der Waals surface area contributed by atoms with Crippen LogP contribution in [0.3, 0.4) is 0 Å². The Kier molecular flexibility index (Phi) is 6.98. The predicted molar refractivity (Wildman–Crippen MR) is 130 cm³/mol. The van der Waals surface area contributed by atoms with Crippen LogP contribution in [0.1, 0.15) is 13.8 Å². The van der Waals surface area contributed by atoms with E-state index in [4.69, 9.17) is 14.9 Å². The molecule has 4 rings (SSSR count). The van der Waals surface area contributed by atoms with Crippen molar-refractivity contribution < 1.29 is 24.5 Å². The van der Waals surface area contributed by atoms with Crippen LogP contribution < -0.4 is 26.0 Å². The summed E-state index contributed by atoms with van der Waals surface area (Å²) in [7, 11) is 0. The van der Waals surface area contributed by atoms with Gasteiger partial charge in [-0.25, -0.2) is 19.6 Å². The number of urea groups is 2. The van der Waals surface area contributed by atoms with Crippen molar-refractivity contribution >= 4 is 46.0 Å². The van der Waals surface area contributed by atoms with Crippen LogP contribution >= 0.6 is 0 Å². The van der Waals surface area contributed by atoms with Crippen molar-refractivity contribution in [2.24, 2.45) is 0 Å². The summed E-state index contributed by atoms with van der Waals surface area (Å²) >= 11 is 0. The Balaban J connectivity index is 1.44. The summed E-state index contributed by atoms with van der Waals surface area (Å²) in [6, 6.07) is 8.77. The molecule has 0 radical (unpaired) electrons. The van der Waals surface area contributed by atoms with E-state index in [-0.39, 0.29) is 37.2 Å². The third kappa shape index (κ3) is 5.96. The maximum Gasteiger partial charge on any atom is 0.321 e. The summed E-state index contributed by atoms with van der Waals surface area (Å²) in [4.78, 5) is 38.5. The molecule has 13 heteroatoms. The molecular weight excluding hydrogens is 456 g/mol. The number of fused-ring (bicyclic) bond motifs is 2. The molecular formula is C22H26N8O5. The Bertz CT molecular complexity index is 1250. The standard InChI is InChI=1S/C22H26N8O5/c1-11(9-31)23-21(33)29-19-25-15-5-3-13(7-17(15)27-19)35-14-4-6-16-18(8-14)28-20(26-16)30-22(34)24-12(2)10-32/h3-8,11-12,31-32H,9-10H2,1-2H3,(H3,23,25,27,29,33)(H3,24,26,28,30,34). The van der Waals surface area contributed by atoms with Crippen molar-refractivity contribution in [1.29, 1.82) is 0 Å². The molecule has 13 nitrogen and oxygen atoms in total. The number of aliphatic hydroxyl groups excluding tert-OH is 2. The number of carbonyl (C=O) groups is 2. The Morgan fingerprint density at radius 1 is 0.829 bits per heavy atom. The number of rotatable bonds is 8. The first kappa shape index (κ1) is 23.8. The smallest absolute Gasteiger partial charge is 0.321 e. The minimum atomic E-state index is -0.482. The SMILES string of the molecule is CC(CO)NC(=O)Nc1nc2ccc(Oc3ccc4nc(NC(=O)NC(C)CO)[nH]c4c3)cc2[nH]1. The van der Waals surface area contributed by atoms with Crippen LogP contribution in [0.4, 0.5) is 21.5 Å². The second-order valence-electron chi connectivity index (χ2n) is 7.99. The number of nitrogens with one attached hydrogen (secondary N) is 6. The molecule has 0 spiro atoms. The topological polar surface area (TPSA) is 189 Å². The second-order valence-corrected chi connectivity index (χ2v) is 7.99. The molecule has 0 fully saturated rings. The Hall–Kier alpha value is -4.36. The number of aromatic nitrogens is 4. The molecule has 0 aliphatic heterocycles. The summed E-state index contributed by atoms with van der Waals surface area (Å²) in [5.74, 6) is 1.61. The van der Waals surface area contributed by atoms with E-state index < -0.39 is 12.1 Å². The van der Waals surface area contributed by atoms with Crippen LogP contribution in [-0.4, -0.2) is 67.5 Å². The maximum atomic E-state index is 11.9.